The van der Waals surface area contributed by atoms with Crippen molar-refractivity contribution in [2.45, 2.75) is 70.2 Å². The number of sulfonamides is 1. The highest BCUT2D eigenvalue weighted by molar-refractivity contribution is 7.89. The van der Waals surface area contributed by atoms with Crippen molar-refractivity contribution >= 4 is 10.0 Å². The van der Waals surface area contributed by atoms with Gasteiger partial charge in [0, 0.05) is 6.04 Å². The average molecular weight is 309 g/mol. The summed E-state index contributed by atoms with van der Waals surface area (Å²) < 4.78 is 27.7. The van der Waals surface area contributed by atoms with Gasteiger partial charge in [-0.15, -0.1) is 0 Å². The maximum atomic E-state index is 12.4. The molecule has 1 aliphatic rings. The molecular formula is C17H27NO2S. The van der Waals surface area contributed by atoms with E-state index in [1.165, 1.54) is 5.56 Å². The van der Waals surface area contributed by atoms with E-state index in [-0.39, 0.29) is 11.5 Å². The summed E-state index contributed by atoms with van der Waals surface area (Å²) in [5.41, 5.74) is 1.44. The molecule has 0 bridgehead atoms. The fraction of sp³-hybridized carbons (Fsp3) is 0.647. The van der Waals surface area contributed by atoms with Gasteiger partial charge in [0.2, 0.25) is 10.0 Å². The van der Waals surface area contributed by atoms with Crippen LogP contribution in [0, 0.1) is 5.41 Å². The normalized spacial score (nSPS) is 23.1. The van der Waals surface area contributed by atoms with Crippen LogP contribution in [0.4, 0.5) is 0 Å². The molecule has 4 heteroatoms. The van der Waals surface area contributed by atoms with Crippen LogP contribution in [0.1, 0.15) is 64.9 Å². The Morgan fingerprint density at radius 2 is 1.90 bits per heavy atom. The molecule has 0 radical (unpaired) electrons. The van der Waals surface area contributed by atoms with Crippen LogP contribution in [0.5, 0.6) is 0 Å². The summed E-state index contributed by atoms with van der Waals surface area (Å²) in [6.45, 7) is 8.69. The number of hydrogen-bond donors (Lipinski definition) is 1. The average Bonchev–Trinajstić information content (AvgIpc) is 2.76. The third kappa shape index (κ3) is 4.07. The summed E-state index contributed by atoms with van der Waals surface area (Å²) in [5, 5.41) is 0. The zero-order valence-electron chi connectivity index (χ0n) is 13.5. The molecule has 1 fully saturated rings. The van der Waals surface area contributed by atoms with Gasteiger partial charge in [0.25, 0.3) is 0 Å². The zero-order chi connectivity index (χ0) is 15.7. The minimum absolute atomic E-state index is 0.0687. The molecule has 0 heterocycles. The third-order valence-corrected chi connectivity index (χ3v) is 6.20. The molecular weight excluding hydrogens is 282 g/mol. The third-order valence-electron chi connectivity index (χ3n) is 4.66. The van der Waals surface area contributed by atoms with E-state index in [0.717, 1.165) is 25.7 Å². The molecule has 1 aromatic rings. The van der Waals surface area contributed by atoms with E-state index in [1.807, 2.05) is 12.1 Å². The Labute approximate surface area is 129 Å². The van der Waals surface area contributed by atoms with Crippen molar-refractivity contribution < 1.29 is 8.42 Å². The maximum Gasteiger partial charge on any atom is 0.240 e. The first-order valence-corrected chi connectivity index (χ1v) is 9.34. The molecule has 118 valence electrons. The van der Waals surface area contributed by atoms with Crippen molar-refractivity contribution in [3.63, 3.8) is 0 Å². The van der Waals surface area contributed by atoms with Crippen LogP contribution in [0.3, 0.4) is 0 Å². The molecule has 1 saturated carbocycles. The number of rotatable bonds is 5. The lowest BCUT2D eigenvalue weighted by molar-refractivity contribution is 0.372. The van der Waals surface area contributed by atoms with Gasteiger partial charge in [-0.2, -0.15) is 0 Å². The van der Waals surface area contributed by atoms with Crippen molar-refractivity contribution in [2.75, 3.05) is 0 Å². The summed E-state index contributed by atoms with van der Waals surface area (Å²) in [4.78, 5) is 0.374. The topological polar surface area (TPSA) is 46.2 Å². The Morgan fingerprint density at radius 3 is 2.38 bits per heavy atom. The van der Waals surface area contributed by atoms with E-state index in [9.17, 15) is 8.42 Å². The molecule has 1 aromatic carbocycles. The highest BCUT2D eigenvalue weighted by atomic mass is 32.2. The smallest absolute Gasteiger partial charge is 0.208 e. The summed E-state index contributed by atoms with van der Waals surface area (Å²) in [6, 6.07) is 7.38. The molecule has 3 nitrogen and oxygen atoms in total. The second kappa shape index (κ2) is 6.09. The van der Waals surface area contributed by atoms with Crippen molar-refractivity contribution in [3.8, 4) is 0 Å². The molecule has 1 aliphatic carbocycles. The first kappa shape index (κ1) is 16.5. The largest absolute Gasteiger partial charge is 0.240 e. The summed E-state index contributed by atoms with van der Waals surface area (Å²) in [6.07, 6.45) is 3.98. The van der Waals surface area contributed by atoms with Gasteiger partial charge < -0.3 is 0 Å². The standard InChI is InChI=1S/C17H27NO2S/c1-5-13(2)14-6-8-16(9-7-14)21(19,20)18-15-10-11-17(3,4)12-15/h6-9,13,15,18H,5,10-12H2,1-4H3. The van der Waals surface area contributed by atoms with Crippen molar-refractivity contribution in [1.82, 2.24) is 4.72 Å². The van der Waals surface area contributed by atoms with Gasteiger partial charge in [0.05, 0.1) is 4.90 Å². The molecule has 2 rings (SSSR count). The quantitative estimate of drug-likeness (QED) is 0.891. The summed E-state index contributed by atoms with van der Waals surface area (Å²) in [5.74, 6) is 0.463. The Bertz CT molecular complexity index is 575. The summed E-state index contributed by atoms with van der Waals surface area (Å²) >= 11 is 0. The monoisotopic (exact) mass is 309 g/mol. The molecule has 21 heavy (non-hydrogen) atoms. The Balaban J connectivity index is 2.09. The molecule has 0 aliphatic heterocycles. The molecule has 0 aromatic heterocycles. The minimum Gasteiger partial charge on any atom is -0.208 e. The summed E-state index contributed by atoms with van der Waals surface area (Å²) in [7, 11) is -3.39. The van der Waals surface area contributed by atoms with Crippen LogP contribution >= 0.6 is 0 Å². The second-order valence-corrected chi connectivity index (χ2v) is 8.82. The van der Waals surface area contributed by atoms with Crippen LogP contribution in [-0.2, 0) is 10.0 Å². The predicted molar refractivity (Wildman–Crippen MR) is 86.9 cm³/mol. The highest BCUT2D eigenvalue weighted by Crippen LogP contribution is 2.37. The number of benzene rings is 1. The SMILES string of the molecule is CCC(C)c1ccc(S(=O)(=O)NC2CCC(C)(C)C2)cc1. The Morgan fingerprint density at radius 1 is 1.29 bits per heavy atom. The fourth-order valence-corrected chi connectivity index (χ4v) is 4.31. The van der Waals surface area contributed by atoms with Crippen LogP contribution in [0.15, 0.2) is 29.2 Å². The van der Waals surface area contributed by atoms with Gasteiger partial charge >= 0.3 is 0 Å². The lowest BCUT2D eigenvalue weighted by Crippen LogP contribution is -2.33. The van der Waals surface area contributed by atoms with Crippen LogP contribution < -0.4 is 4.72 Å². The lowest BCUT2D eigenvalue weighted by atomic mass is 9.92. The second-order valence-electron chi connectivity index (χ2n) is 7.10. The van der Waals surface area contributed by atoms with E-state index in [4.69, 9.17) is 0 Å². The van der Waals surface area contributed by atoms with Gasteiger partial charge in [-0.3, -0.25) is 0 Å². The van der Waals surface area contributed by atoms with E-state index in [1.54, 1.807) is 12.1 Å². The first-order valence-electron chi connectivity index (χ1n) is 7.86. The van der Waals surface area contributed by atoms with Gasteiger partial charge in [-0.25, -0.2) is 13.1 Å². The van der Waals surface area contributed by atoms with Gasteiger partial charge in [-0.05, 0) is 54.7 Å². The zero-order valence-corrected chi connectivity index (χ0v) is 14.3. The van der Waals surface area contributed by atoms with Crippen LogP contribution in [-0.4, -0.2) is 14.5 Å². The van der Waals surface area contributed by atoms with E-state index < -0.39 is 10.0 Å². The van der Waals surface area contributed by atoms with Crippen molar-refractivity contribution in [2.24, 2.45) is 5.41 Å². The van der Waals surface area contributed by atoms with Crippen molar-refractivity contribution in [1.29, 1.82) is 0 Å². The molecule has 1 N–H and O–H groups in total. The molecule has 0 amide bonds. The van der Waals surface area contributed by atoms with Crippen LogP contribution in [0.25, 0.3) is 0 Å². The lowest BCUT2D eigenvalue weighted by Gasteiger charge is -2.18. The van der Waals surface area contributed by atoms with E-state index in [2.05, 4.69) is 32.4 Å². The van der Waals surface area contributed by atoms with Gasteiger partial charge in [0.15, 0.2) is 0 Å². The molecule has 2 unspecified atom stereocenters. The number of nitrogens with one attached hydrogen (secondary N) is 1. The van der Waals surface area contributed by atoms with E-state index in [0.29, 0.717) is 10.8 Å². The van der Waals surface area contributed by atoms with Crippen molar-refractivity contribution in [3.05, 3.63) is 29.8 Å². The maximum absolute atomic E-state index is 12.4. The van der Waals surface area contributed by atoms with Crippen LogP contribution in [0.2, 0.25) is 0 Å². The number of hydrogen-bond acceptors (Lipinski definition) is 2. The predicted octanol–water partition coefficient (Wildman–Crippen LogP) is 4.06. The molecule has 2 atom stereocenters. The van der Waals surface area contributed by atoms with Gasteiger partial charge in [-0.1, -0.05) is 39.8 Å². The fourth-order valence-electron chi connectivity index (χ4n) is 3.04. The Hall–Kier alpha value is -0.870. The first-order chi connectivity index (χ1) is 9.73. The Kier molecular flexibility index (Phi) is 4.79. The van der Waals surface area contributed by atoms with E-state index >= 15 is 0 Å². The van der Waals surface area contributed by atoms with Gasteiger partial charge in [0.1, 0.15) is 0 Å². The highest BCUT2D eigenvalue weighted by Gasteiger charge is 2.33. The minimum atomic E-state index is -3.39. The molecule has 0 saturated heterocycles. The molecule has 0 spiro atoms.